The lowest BCUT2D eigenvalue weighted by Gasteiger charge is -2.13. The summed E-state index contributed by atoms with van der Waals surface area (Å²) in [6.07, 6.45) is 2.96. The molecule has 1 aromatic carbocycles. The lowest BCUT2D eigenvalue weighted by atomic mass is 10.1. The number of imidazole rings is 1. The number of hydrogen-bond donors (Lipinski definition) is 1. The van der Waals surface area contributed by atoms with Crippen molar-refractivity contribution in [2.75, 3.05) is 7.11 Å². The van der Waals surface area contributed by atoms with Gasteiger partial charge in [-0.1, -0.05) is 6.07 Å². The molecular weight excluding hydrogens is 244 g/mol. The van der Waals surface area contributed by atoms with Crippen LogP contribution in [-0.2, 0) is 13.7 Å². The molecule has 5 heteroatoms. The highest BCUT2D eigenvalue weighted by molar-refractivity contribution is 5.43. The lowest BCUT2D eigenvalue weighted by molar-refractivity contribution is 0.198. The molecule has 0 spiro atoms. The molecule has 2 rings (SSSR count). The van der Waals surface area contributed by atoms with E-state index in [0.717, 1.165) is 11.3 Å². The number of methoxy groups -OCH3 is 1. The van der Waals surface area contributed by atoms with Gasteiger partial charge >= 0.3 is 0 Å². The predicted molar refractivity (Wildman–Crippen MR) is 71.2 cm³/mol. The van der Waals surface area contributed by atoms with Gasteiger partial charge in [0.05, 0.1) is 31.4 Å². The van der Waals surface area contributed by atoms with Gasteiger partial charge in [0.2, 0.25) is 0 Å². The van der Waals surface area contributed by atoms with Gasteiger partial charge in [0, 0.05) is 7.05 Å². The van der Waals surface area contributed by atoms with Gasteiger partial charge in [-0.3, -0.25) is 0 Å². The third-order valence-electron chi connectivity index (χ3n) is 2.96. The van der Waals surface area contributed by atoms with Crippen LogP contribution >= 0.6 is 0 Å². The van der Waals surface area contributed by atoms with Crippen LogP contribution in [0.4, 0.5) is 0 Å². The Bertz CT molecular complexity index is 549. The van der Waals surface area contributed by atoms with Gasteiger partial charge in [0.1, 0.15) is 6.61 Å². The first-order valence-corrected chi connectivity index (χ1v) is 6.06. The first kappa shape index (κ1) is 13.4. The van der Waals surface area contributed by atoms with Crippen molar-refractivity contribution in [1.82, 2.24) is 9.55 Å². The molecule has 102 valence electrons. The van der Waals surface area contributed by atoms with E-state index in [4.69, 9.17) is 9.47 Å². The Balaban J connectivity index is 2.14. The molecule has 0 aliphatic heterocycles. The van der Waals surface area contributed by atoms with E-state index in [1.54, 1.807) is 38.7 Å². The van der Waals surface area contributed by atoms with Gasteiger partial charge in [0.15, 0.2) is 11.5 Å². The first-order chi connectivity index (χ1) is 9.11. The predicted octanol–water partition coefficient (Wildman–Crippen LogP) is 2.06. The van der Waals surface area contributed by atoms with Crippen molar-refractivity contribution in [3.8, 4) is 11.5 Å². The van der Waals surface area contributed by atoms with Crippen molar-refractivity contribution >= 4 is 0 Å². The van der Waals surface area contributed by atoms with Crippen LogP contribution in [0, 0.1) is 0 Å². The number of ether oxygens (including phenoxy) is 2. The summed E-state index contributed by atoms with van der Waals surface area (Å²) >= 11 is 0. The molecule has 1 aromatic heterocycles. The summed E-state index contributed by atoms with van der Waals surface area (Å²) in [6, 6.07) is 5.41. The molecule has 0 saturated heterocycles. The highest BCUT2D eigenvalue weighted by Crippen LogP contribution is 2.30. The van der Waals surface area contributed by atoms with Crippen LogP contribution in [0.3, 0.4) is 0 Å². The summed E-state index contributed by atoms with van der Waals surface area (Å²) in [4.78, 5) is 4.03. The van der Waals surface area contributed by atoms with Crippen molar-refractivity contribution in [2.45, 2.75) is 19.6 Å². The Hall–Kier alpha value is -2.01. The van der Waals surface area contributed by atoms with E-state index in [1.165, 1.54) is 0 Å². The summed E-state index contributed by atoms with van der Waals surface area (Å²) in [5, 5.41) is 9.54. The molecule has 1 heterocycles. The van der Waals surface area contributed by atoms with E-state index in [9.17, 15) is 5.11 Å². The number of rotatable bonds is 5. The molecule has 0 bridgehead atoms. The standard InChI is InChI=1S/C14H18N2O3/c1-10(17)11-4-5-13(14(6-11)18-3)19-8-12-7-15-9-16(12)2/h4-7,9-10,17H,8H2,1-3H3/t10-/m1/s1. The highest BCUT2D eigenvalue weighted by atomic mass is 16.5. The van der Waals surface area contributed by atoms with Gasteiger partial charge in [-0.15, -0.1) is 0 Å². The van der Waals surface area contributed by atoms with E-state index in [2.05, 4.69) is 4.98 Å². The molecule has 2 aromatic rings. The van der Waals surface area contributed by atoms with Crippen molar-refractivity contribution in [3.63, 3.8) is 0 Å². The summed E-state index contributed by atoms with van der Waals surface area (Å²) in [6.45, 7) is 2.13. The van der Waals surface area contributed by atoms with Crippen LogP contribution in [0.15, 0.2) is 30.7 Å². The average Bonchev–Trinajstić information content (AvgIpc) is 2.81. The van der Waals surface area contributed by atoms with E-state index >= 15 is 0 Å². The number of aryl methyl sites for hydroxylation is 1. The summed E-state index contributed by atoms with van der Waals surface area (Å²) in [5.74, 6) is 1.26. The summed E-state index contributed by atoms with van der Waals surface area (Å²) < 4.78 is 12.9. The molecule has 0 aliphatic carbocycles. The maximum atomic E-state index is 9.54. The molecule has 0 saturated carbocycles. The van der Waals surface area contributed by atoms with Crippen LogP contribution in [-0.4, -0.2) is 21.8 Å². The van der Waals surface area contributed by atoms with Gasteiger partial charge in [-0.25, -0.2) is 4.98 Å². The molecule has 5 nitrogen and oxygen atoms in total. The quantitative estimate of drug-likeness (QED) is 0.896. The van der Waals surface area contributed by atoms with E-state index < -0.39 is 6.10 Å². The monoisotopic (exact) mass is 262 g/mol. The van der Waals surface area contributed by atoms with Gasteiger partial charge in [-0.2, -0.15) is 0 Å². The maximum absolute atomic E-state index is 9.54. The Labute approximate surface area is 112 Å². The van der Waals surface area contributed by atoms with Crippen LogP contribution in [0.1, 0.15) is 24.3 Å². The second-order valence-electron chi connectivity index (χ2n) is 4.37. The summed E-state index contributed by atoms with van der Waals surface area (Å²) in [7, 11) is 3.50. The van der Waals surface area contributed by atoms with E-state index in [1.807, 2.05) is 17.7 Å². The Morgan fingerprint density at radius 1 is 1.37 bits per heavy atom. The molecule has 1 N–H and O–H groups in total. The minimum atomic E-state index is -0.528. The number of aliphatic hydroxyl groups is 1. The number of nitrogens with zero attached hydrogens (tertiary/aromatic N) is 2. The van der Waals surface area contributed by atoms with Crippen LogP contribution in [0.25, 0.3) is 0 Å². The molecule has 1 atom stereocenters. The van der Waals surface area contributed by atoms with Crippen molar-refractivity contribution in [1.29, 1.82) is 0 Å². The van der Waals surface area contributed by atoms with E-state index in [-0.39, 0.29) is 0 Å². The van der Waals surface area contributed by atoms with Crippen LogP contribution in [0.5, 0.6) is 11.5 Å². The molecular formula is C14H18N2O3. The van der Waals surface area contributed by atoms with Gasteiger partial charge in [0.25, 0.3) is 0 Å². The van der Waals surface area contributed by atoms with Gasteiger partial charge in [-0.05, 0) is 24.6 Å². The first-order valence-electron chi connectivity index (χ1n) is 6.06. The van der Waals surface area contributed by atoms with E-state index in [0.29, 0.717) is 18.1 Å². The average molecular weight is 262 g/mol. The fourth-order valence-corrected chi connectivity index (χ4v) is 1.74. The van der Waals surface area contributed by atoms with Gasteiger partial charge < -0.3 is 19.1 Å². The normalized spacial score (nSPS) is 12.2. The molecule has 19 heavy (non-hydrogen) atoms. The second kappa shape index (κ2) is 5.75. The van der Waals surface area contributed by atoms with Crippen LogP contribution in [0.2, 0.25) is 0 Å². The lowest BCUT2D eigenvalue weighted by Crippen LogP contribution is -2.03. The zero-order chi connectivity index (χ0) is 13.8. The van der Waals surface area contributed by atoms with Crippen molar-refractivity contribution in [2.24, 2.45) is 7.05 Å². The Kier molecular flexibility index (Phi) is 4.06. The molecule has 0 aliphatic rings. The number of aromatic nitrogens is 2. The fraction of sp³-hybridized carbons (Fsp3) is 0.357. The third-order valence-corrected chi connectivity index (χ3v) is 2.96. The Morgan fingerprint density at radius 2 is 2.16 bits per heavy atom. The minimum absolute atomic E-state index is 0.418. The molecule has 0 radical (unpaired) electrons. The zero-order valence-electron chi connectivity index (χ0n) is 11.3. The number of hydrogen-bond acceptors (Lipinski definition) is 4. The number of benzene rings is 1. The molecule has 0 unspecified atom stereocenters. The second-order valence-corrected chi connectivity index (χ2v) is 4.37. The number of aliphatic hydroxyl groups excluding tert-OH is 1. The SMILES string of the molecule is COc1cc([C@@H](C)O)ccc1OCc1cncn1C. The fourth-order valence-electron chi connectivity index (χ4n) is 1.74. The van der Waals surface area contributed by atoms with Crippen molar-refractivity contribution < 1.29 is 14.6 Å². The Morgan fingerprint density at radius 3 is 2.74 bits per heavy atom. The smallest absolute Gasteiger partial charge is 0.161 e. The third kappa shape index (κ3) is 3.06. The minimum Gasteiger partial charge on any atom is -0.493 e. The largest absolute Gasteiger partial charge is 0.493 e. The highest BCUT2D eigenvalue weighted by Gasteiger charge is 2.09. The molecule has 0 fully saturated rings. The zero-order valence-corrected chi connectivity index (χ0v) is 11.3. The maximum Gasteiger partial charge on any atom is 0.161 e. The van der Waals surface area contributed by atoms with Crippen molar-refractivity contribution in [3.05, 3.63) is 42.0 Å². The topological polar surface area (TPSA) is 56.5 Å². The summed E-state index contributed by atoms with van der Waals surface area (Å²) in [5.41, 5.74) is 1.77. The molecule has 0 amide bonds. The van der Waals surface area contributed by atoms with Crippen LogP contribution < -0.4 is 9.47 Å².